The van der Waals surface area contributed by atoms with Gasteiger partial charge in [0.1, 0.15) is 6.29 Å². The molecule has 0 aliphatic carbocycles. The highest BCUT2D eigenvalue weighted by Crippen LogP contribution is 1.67. The highest BCUT2D eigenvalue weighted by atomic mass is 15.2. The van der Waals surface area contributed by atoms with Crippen molar-refractivity contribution in [1.29, 1.82) is 0 Å². The van der Waals surface area contributed by atoms with Crippen LogP contribution in [0, 0.1) is 0 Å². The summed E-state index contributed by atoms with van der Waals surface area (Å²) >= 11 is 0. The van der Waals surface area contributed by atoms with Crippen LogP contribution in [0.2, 0.25) is 0 Å². The molecule has 1 atom stereocenters. The van der Waals surface area contributed by atoms with Crippen LogP contribution in [0.5, 0.6) is 0 Å². The summed E-state index contributed by atoms with van der Waals surface area (Å²) in [4.78, 5) is 0. The van der Waals surface area contributed by atoms with E-state index in [9.17, 15) is 0 Å². The van der Waals surface area contributed by atoms with Gasteiger partial charge in [-0.05, 0) is 14.0 Å². The molecule has 0 amide bonds. The van der Waals surface area contributed by atoms with Gasteiger partial charge < -0.3 is 16.8 Å². The molecule has 0 aromatic carbocycles. The first kappa shape index (κ1) is 7.84. The van der Waals surface area contributed by atoms with E-state index >= 15 is 0 Å². The second kappa shape index (κ2) is 3.80. The highest BCUT2D eigenvalue weighted by Gasteiger charge is 1.96. The zero-order valence-corrected chi connectivity index (χ0v) is 5.31. The number of nitrogens with two attached hydrogens (primary N) is 2. The Bertz CT molecular complexity index is 54.0. The quantitative estimate of drug-likeness (QED) is 0.335. The van der Waals surface area contributed by atoms with E-state index in [1.54, 1.807) is 0 Å². The van der Waals surface area contributed by atoms with Crippen molar-refractivity contribution in [3.8, 4) is 0 Å². The Kier molecular flexibility index (Phi) is 3.72. The molecule has 4 nitrogen and oxygen atoms in total. The van der Waals surface area contributed by atoms with Crippen molar-refractivity contribution in [2.75, 3.05) is 7.05 Å². The summed E-state index contributed by atoms with van der Waals surface area (Å²) < 4.78 is 0. The summed E-state index contributed by atoms with van der Waals surface area (Å²) in [5.41, 5.74) is 10.4. The topological polar surface area (TPSA) is 76.1 Å². The molecular formula is C4H14N4. The van der Waals surface area contributed by atoms with Crippen molar-refractivity contribution < 1.29 is 0 Å². The van der Waals surface area contributed by atoms with E-state index in [2.05, 4.69) is 10.6 Å². The Morgan fingerprint density at radius 2 is 1.88 bits per heavy atom. The van der Waals surface area contributed by atoms with E-state index in [0.717, 1.165) is 0 Å². The van der Waals surface area contributed by atoms with Crippen LogP contribution in [0.3, 0.4) is 0 Å². The molecule has 0 aliphatic rings. The third kappa shape index (κ3) is 4.01. The molecule has 4 heteroatoms. The number of hydrogen-bond acceptors (Lipinski definition) is 4. The maximum atomic E-state index is 5.20. The average molecular weight is 118 g/mol. The molecule has 0 bridgehead atoms. The lowest BCUT2D eigenvalue weighted by molar-refractivity contribution is 0.423. The van der Waals surface area contributed by atoms with Crippen molar-refractivity contribution in [2.24, 2.45) is 11.5 Å². The van der Waals surface area contributed by atoms with E-state index in [4.69, 9.17) is 11.5 Å². The summed E-state index contributed by atoms with van der Waals surface area (Å²) in [5.74, 6) is 0. The zero-order chi connectivity index (χ0) is 6.57. The molecule has 0 unspecified atom stereocenters. The Balaban J connectivity index is 3.10. The van der Waals surface area contributed by atoms with Crippen LogP contribution < -0.4 is 22.1 Å². The molecule has 0 rings (SSSR count). The predicted molar refractivity (Wildman–Crippen MR) is 33.8 cm³/mol. The molecule has 0 heterocycles. The smallest absolute Gasteiger partial charge is 0.108 e. The largest absolute Gasteiger partial charge is 0.305 e. The molecule has 0 fully saturated rings. The van der Waals surface area contributed by atoms with Crippen LogP contribution in [0.25, 0.3) is 0 Å². The highest BCUT2D eigenvalue weighted by molar-refractivity contribution is 4.55. The van der Waals surface area contributed by atoms with Crippen LogP contribution in [0.15, 0.2) is 0 Å². The molecule has 50 valence electrons. The van der Waals surface area contributed by atoms with Crippen LogP contribution in [-0.4, -0.2) is 19.5 Å². The molecule has 0 saturated carbocycles. The lowest BCUT2D eigenvalue weighted by Crippen LogP contribution is -2.53. The van der Waals surface area contributed by atoms with Gasteiger partial charge in [0.2, 0.25) is 0 Å². The van der Waals surface area contributed by atoms with Crippen molar-refractivity contribution in [3.05, 3.63) is 0 Å². The first-order chi connectivity index (χ1) is 3.66. The monoisotopic (exact) mass is 118 g/mol. The normalized spacial score (nSPS) is 14.6. The standard InChI is InChI=1S/C4H14N4/c1-3(7-2)8-4(5)6/h3-4,7-8H,5-6H2,1-2H3/t3-/m1/s1. The third-order valence-corrected chi connectivity index (χ3v) is 0.875. The molecule has 0 aromatic rings. The van der Waals surface area contributed by atoms with E-state index < -0.39 is 6.29 Å². The minimum atomic E-state index is -0.433. The predicted octanol–water partition coefficient (Wildman–Crippen LogP) is -1.66. The SMILES string of the molecule is CN[C@@H](C)NC(N)N. The lowest BCUT2D eigenvalue weighted by Gasteiger charge is -2.14. The molecule has 8 heavy (non-hydrogen) atoms. The molecule has 0 saturated heterocycles. The molecule has 0 radical (unpaired) electrons. The number of rotatable bonds is 3. The Labute approximate surface area is 49.6 Å². The number of nitrogens with one attached hydrogen (secondary N) is 2. The van der Waals surface area contributed by atoms with Gasteiger partial charge in [-0.2, -0.15) is 0 Å². The van der Waals surface area contributed by atoms with Gasteiger partial charge in [-0.15, -0.1) is 0 Å². The van der Waals surface area contributed by atoms with E-state index in [0.29, 0.717) is 0 Å². The van der Waals surface area contributed by atoms with E-state index in [1.165, 1.54) is 0 Å². The summed E-state index contributed by atoms with van der Waals surface area (Å²) in [6.45, 7) is 1.94. The average Bonchev–Trinajstić information content (AvgIpc) is 1.65. The van der Waals surface area contributed by atoms with Crippen molar-refractivity contribution in [3.63, 3.8) is 0 Å². The lowest BCUT2D eigenvalue weighted by atomic mass is 10.5. The first-order valence-corrected chi connectivity index (χ1v) is 2.61. The molecule has 0 aromatic heterocycles. The fourth-order valence-electron chi connectivity index (χ4n) is 0.372. The van der Waals surface area contributed by atoms with Crippen LogP contribution in [0.4, 0.5) is 0 Å². The summed E-state index contributed by atoms with van der Waals surface area (Å²) in [5, 5.41) is 5.76. The maximum Gasteiger partial charge on any atom is 0.108 e. The van der Waals surface area contributed by atoms with Crippen LogP contribution in [-0.2, 0) is 0 Å². The first-order valence-electron chi connectivity index (χ1n) is 2.61. The fraction of sp³-hybridized carbons (Fsp3) is 1.00. The van der Waals surface area contributed by atoms with Gasteiger partial charge >= 0.3 is 0 Å². The Hall–Kier alpha value is -0.160. The fourth-order valence-corrected chi connectivity index (χ4v) is 0.372. The van der Waals surface area contributed by atoms with Crippen LogP contribution >= 0.6 is 0 Å². The van der Waals surface area contributed by atoms with E-state index in [1.807, 2.05) is 14.0 Å². The van der Waals surface area contributed by atoms with Crippen LogP contribution in [0.1, 0.15) is 6.92 Å². The van der Waals surface area contributed by atoms with Crippen molar-refractivity contribution >= 4 is 0 Å². The van der Waals surface area contributed by atoms with E-state index in [-0.39, 0.29) is 6.17 Å². The molecule has 6 N–H and O–H groups in total. The second-order valence-electron chi connectivity index (χ2n) is 1.70. The summed E-state index contributed by atoms with van der Waals surface area (Å²) in [7, 11) is 1.83. The zero-order valence-electron chi connectivity index (χ0n) is 5.31. The van der Waals surface area contributed by atoms with Crippen molar-refractivity contribution in [1.82, 2.24) is 10.6 Å². The second-order valence-corrected chi connectivity index (χ2v) is 1.70. The molecule has 0 aliphatic heterocycles. The Morgan fingerprint density at radius 1 is 1.38 bits per heavy atom. The van der Waals surface area contributed by atoms with Gasteiger partial charge in [0.15, 0.2) is 0 Å². The van der Waals surface area contributed by atoms with Gasteiger partial charge in [0.25, 0.3) is 0 Å². The Morgan fingerprint density at radius 3 is 2.00 bits per heavy atom. The summed E-state index contributed by atoms with van der Waals surface area (Å²) in [6, 6.07) is 0. The minimum Gasteiger partial charge on any atom is -0.305 e. The minimum absolute atomic E-state index is 0.176. The van der Waals surface area contributed by atoms with Gasteiger partial charge in [0, 0.05) is 0 Å². The third-order valence-electron chi connectivity index (χ3n) is 0.875. The number of hydrogen-bond donors (Lipinski definition) is 4. The van der Waals surface area contributed by atoms with Gasteiger partial charge in [-0.25, -0.2) is 0 Å². The van der Waals surface area contributed by atoms with Gasteiger partial charge in [-0.1, -0.05) is 0 Å². The maximum absolute atomic E-state index is 5.20. The molecule has 0 spiro atoms. The van der Waals surface area contributed by atoms with Gasteiger partial charge in [-0.3, -0.25) is 5.32 Å². The van der Waals surface area contributed by atoms with Crippen molar-refractivity contribution in [2.45, 2.75) is 19.4 Å². The molecular weight excluding hydrogens is 104 g/mol. The summed E-state index contributed by atoms with van der Waals surface area (Å²) in [6.07, 6.45) is -0.257. The van der Waals surface area contributed by atoms with Gasteiger partial charge in [0.05, 0.1) is 6.17 Å².